The van der Waals surface area contributed by atoms with Gasteiger partial charge >= 0.3 is 0 Å². The number of hydrogen-bond acceptors (Lipinski definition) is 6. The normalized spacial score (nSPS) is 21.3. The van der Waals surface area contributed by atoms with Crippen molar-refractivity contribution in [1.29, 1.82) is 0 Å². The van der Waals surface area contributed by atoms with Crippen LogP contribution >= 0.6 is 11.6 Å². The monoisotopic (exact) mass is 478 g/mol. The van der Waals surface area contributed by atoms with Gasteiger partial charge in [-0.3, -0.25) is 14.4 Å². The lowest BCUT2D eigenvalue weighted by molar-refractivity contribution is 0.0664. The van der Waals surface area contributed by atoms with Crippen molar-refractivity contribution in [3.05, 3.63) is 56.2 Å². The fraction of sp³-hybridized carbons (Fsp3) is 0.435. The summed E-state index contributed by atoms with van der Waals surface area (Å²) in [7, 11) is 4.55. The Morgan fingerprint density at radius 3 is 2.73 bits per heavy atom. The Morgan fingerprint density at radius 1 is 1.33 bits per heavy atom. The number of rotatable bonds is 7. The first-order chi connectivity index (χ1) is 15.7. The molecule has 1 aliphatic carbocycles. The van der Waals surface area contributed by atoms with E-state index in [1.165, 1.54) is 30.3 Å². The van der Waals surface area contributed by atoms with Crippen LogP contribution in [0.3, 0.4) is 0 Å². The molecule has 1 saturated carbocycles. The molecule has 176 valence electrons. The van der Waals surface area contributed by atoms with Crippen LogP contribution in [-0.2, 0) is 16.7 Å². The molecule has 1 fully saturated rings. The number of carbonyl (C=O) groups is 2. The van der Waals surface area contributed by atoms with E-state index < -0.39 is 34.2 Å². The zero-order valence-corrected chi connectivity index (χ0v) is 19.2. The van der Waals surface area contributed by atoms with E-state index >= 15 is 0 Å². The van der Waals surface area contributed by atoms with Gasteiger partial charge in [-0.15, -0.1) is 0 Å². The Labute approximate surface area is 194 Å². The van der Waals surface area contributed by atoms with Crippen LogP contribution < -0.4 is 10.2 Å². The molecule has 0 radical (unpaired) electrons. The largest absolute Gasteiger partial charge is 0.503 e. The van der Waals surface area contributed by atoms with Crippen molar-refractivity contribution in [1.82, 2.24) is 9.47 Å². The molecule has 0 saturated heterocycles. The molecule has 1 N–H and O–H groups in total. The number of aromatic hydroxyl groups is 1. The topological polar surface area (TPSA) is 98.1 Å². The number of aryl methyl sites for hydroxylation is 1. The highest BCUT2D eigenvalue weighted by molar-refractivity contribution is 6.32. The number of ether oxygens (including phenoxy) is 2. The van der Waals surface area contributed by atoms with Crippen LogP contribution in [0.25, 0.3) is 0 Å². The average Bonchev–Trinajstić information content (AvgIpc) is 3.47. The van der Waals surface area contributed by atoms with Gasteiger partial charge in [-0.2, -0.15) is 0 Å². The molecule has 0 unspecified atom stereocenters. The quantitative estimate of drug-likeness (QED) is 0.614. The van der Waals surface area contributed by atoms with E-state index in [2.05, 4.69) is 0 Å². The number of carbonyl (C=O) groups excluding carboxylic acids is 2. The molecule has 1 spiro atoms. The molecule has 0 bridgehead atoms. The number of nitrogens with zero attached hydrogens (tertiary/aromatic N) is 2. The predicted octanol–water partition coefficient (Wildman–Crippen LogP) is 2.62. The van der Waals surface area contributed by atoms with Crippen molar-refractivity contribution in [2.75, 3.05) is 34.4 Å². The summed E-state index contributed by atoms with van der Waals surface area (Å²) >= 11 is 5.94. The molecule has 2 aromatic rings. The molecule has 2 heterocycles. The van der Waals surface area contributed by atoms with Gasteiger partial charge in [0.2, 0.25) is 5.43 Å². The maximum Gasteiger partial charge on any atom is 0.274 e. The van der Waals surface area contributed by atoms with Crippen molar-refractivity contribution in [2.45, 2.75) is 24.8 Å². The van der Waals surface area contributed by atoms with Crippen LogP contribution in [0.5, 0.6) is 11.5 Å². The first-order valence-corrected chi connectivity index (χ1v) is 10.8. The molecule has 1 aromatic heterocycles. The van der Waals surface area contributed by atoms with Crippen LogP contribution in [0, 0.1) is 11.7 Å². The summed E-state index contributed by atoms with van der Waals surface area (Å²) in [6.45, 7) is 0.813. The van der Waals surface area contributed by atoms with Crippen molar-refractivity contribution in [3.8, 4) is 11.5 Å². The molecular weight excluding hydrogens is 455 g/mol. The predicted molar refractivity (Wildman–Crippen MR) is 118 cm³/mol. The smallest absolute Gasteiger partial charge is 0.274 e. The second-order valence-electron chi connectivity index (χ2n) is 8.54. The Morgan fingerprint density at radius 2 is 2.06 bits per heavy atom. The molecule has 10 heteroatoms. The lowest BCUT2D eigenvalue weighted by Crippen LogP contribution is -2.48. The zero-order chi connectivity index (χ0) is 24.1. The van der Waals surface area contributed by atoms with Crippen LogP contribution in [0.4, 0.5) is 4.39 Å². The number of hydrogen-bond donors (Lipinski definition) is 1. The van der Waals surface area contributed by atoms with Gasteiger partial charge in [0, 0.05) is 39.2 Å². The fourth-order valence-corrected chi connectivity index (χ4v) is 4.93. The maximum atomic E-state index is 14.5. The third-order valence-electron chi connectivity index (χ3n) is 6.56. The van der Waals surface area contributed by atoms with Crippen LogP contribution in [0.15, 0.2) is 23.1 Å². The molecule has 1 aliphatic heterocycles. The van der Waals surface area contributed by atoms with Gasteiger partial charge in [0.25, 0.3) is 5.91 Å². The number of pyridine rings is 1. The van der Waals surface area contributed by atoms with Gasteiger partial charge < -0.3 is 24.0 Å². The number of likely N-dealkylation sites (N-methyl/N-ethyl adjacent to an activating group) is 1. The lowest BCUT2D eigenvalue weighted by Gasteiger charge is -2.35. The van der Waals surface area contributed by atoms with Gasteiger partial charge in [-0.05, 0) is 24.5 Å². The van der Waals surface area contributed by atoms with E-state index in [4.69, 9.17) is 21.1 Å². The summed E-state index contributed by atoms with van der Waals surface area (Å²) in [6, 6.07) is 2.97. The van der Waals surface area contributed by atoms with E-state index in [0.717, 1.165) is 0 Å². The molecule has 1 amide bonds. The first kappa shape index (κ1) is 23.3. The SMILES string of the molecule is COC[C@@H]1C[C@]12CN(C)C(=O)c1c(O)c(=O)c(C(=O)CCc3ccc(OC)c(Cl)c3F)cn12. The van der Waals surface area contributed by atoms with Crippen LogP contribution in [0.2, 0.25) is 5.02 Å². The van der Waals surface area contributed by atoms with Gasteiger partial charge in [0.15, 0.2) is 17.2 Å². The molecule has 4 rings (SSSR count). The minimum Gasteiger partial charge on any atom is -0.503 e. The highest BCUT2D eigenvalue weighted by Crippen LogP contribution is 2.53. The lowest BCUT2D eigenvalue weighted by atomic mass is 10.00. The van der Waals surface area contributed by atoms with E-state index in [9.17, 15) is 23.9 Å². The summed E-state index contributed by atoms with van der Waals surface area (Å²) in [6.07, 6.45) is 1.85. The van der Waals surface area contributed by atoms with E-state index in [0.29, 0.717) is 19.6 Å². The van der Waals surface area contributed by atoms with Crippen molar-refractivity contribution in [2.24, 2.45) is 5.92 Å². The van der Waals surface area contributed by atoms with Crippen molar-refractivity contribution < 1.29 is 28.6 Å². The minimum absolute atomic E-state index is 0.00452. The molecule has 2 atom stereocenters. The standard InChI is InChI=1S/C23H24ClFN2O6/c1-26-11-23(8-13(23)10-32-2)27-9-14(20(29)21(30)19(27)22(26)31)15(28)6-4-12-5-7-16(33-3)17(24)18(12)25/h5,7,9,13,30H,4,6,8,10-11H2,1-3H3/t13-,23-/m0/s1. The maximum absolute atomic E-state index is 14.5. The van der Waals surface area contributed by atoms with E-state index in [1.807, 2.05) is 0 Å². The number of methoxy groups -OCH3 is 2. The Kier molecular flexibility index (Phi) is 5.96. The molecule has 33 heavy (non-hydrogen) atoms. The Hall–Kier alpha value is -2.91. The minimum atomic E-state index is -0.915. The fourth-order valence-electron chi connectivity index (χ4n) is 4.67. The summed E-state index contributed by atoms with van der Waals surface area (Å²) in [5, 5.41) is 10.4. The van der Waals surface area contributed by atoms with Crippen LogP contribution in [0.1, 0.15) is 39.3 Å². The highest BCUT2D eigenvalue weighted by atomic mass is 35.5. The third-order valence-corrected chi connectivity index (χ3v) is 6.91. The molecule has 1 aromatic carbocycles. The number of benzene rings is 1. The second kappa shape index (κ2) is 8.46. The molecule has 8 nitrogen and oxygen atoms in total. The van der Waals surface area contributed by atoms with Crippen molar-refractivity contribution in [3.63, 3.8) is 0 Å². The second-order valence-corrected chi connectivity index (χ2v) is 8.92. The number of amides is 1. The number of fused-ring (bicyclic) bond motifs is 2. The summed E-state index contributed by atoms with van der Waals surface area (Å²) in [4.78, 5) is 39.9. The number of aromatic nitrogens is 1. The van der Waals surface area contributed by atoms with Crippen molar-refractivity contribution >= 4 is 23.3 Å². The Bertz CT molecular complexity index is 1210. The summed E-state index contributed by atoms with van der Waals surface area (Å²) < 4.78 is 26.3. The van der Waals surface area contributed by atoms with E-state index in [1.54, 1.807) is 18.7 Å². The van der Waals surface area contributed by atoms with Gasteiger partial charge in [0.1, 0.15) is 16.6 Å². The molecular formula is C23H24ClFN2O6. The highest BCUT2D eigenvalue weighted by Gasteiger charge is 2.60. The number of halogens is 2. The van der Waals surface area contributed by atoms with Gasteiger partial charge in [-0.25, -0.2) is 4.39 Å². The summed E-state index contributed by atoms with van der Waals surface area (Å²) in [5.74, 6) is -2.26. The van der Waals surface area contributed by atoms with Gasteiger partial charge in [-0.1, -0.05) is 17.7 Å². The molecule has 2 aliphatic rings. The average molecular weight is 479 g/mol. The van der Waals surface area contributed by atoms with Crippen LogP contribution in [-0.4, -0.2) is 60.7 Å². The Balaban J connectivity index is 1.67. The first-order valence-electron chi connectivity index (χ1n) is 10.4. The number of Topliss-reactive ketones (excluding diaryl/α,β-unsaturated/α-hetero) is 1. The summed E-state index contributed by atoms with van der Waals surface area (Å²) in [5.41, 5.74) is -1.63. The third kappa shape index (κ3) is 3.69. The number of ketones is 1. The van der Waals surface area contributed by atoms with E-state index in [-0.39, 0.29) is 46.4 Å². The van der Waals surface area contributed by atoms with Gasteiger partial charge in [0.05, 0.1) is 24.8 Å². The zero-order valence-electron chi connectivity index (χ0n) is 18.5.